The summed E-state index contributed by atoms with van der Waals surface area (Å²) in [6, 6.07) is 21.2. The lowest BCUT2D eigenvalue weighted by Crippen LogP contribution is -2.59. The number of amides is 3. The summed E-state index contributed by atoms with van der Waals surface area (Å²) < 4.78 is 7.44. The van der Waals surface area contributed by atoms with E-state index in [2.05, 4.69) is 4.98 Å². The van der Waals surface area contributed by atoms with E-state index in [4.69, 9.17) is 4.74 Å². The quantitative estimate of drug-likeness (QED) is 0.350. The molecule has 0 radical (unpaired) electrons. The van der Waals surface area contributed by atoms with Crippen LogP contribution in [0.5, 0.6) is 0 Å². The van der Waals surface area contributed by atoms with Crippen molar-refractivity contribution >= 4 is 12.1 Å². The van der Waals surface area contributed by atoms with Crippen LogP contribution in [0.1, 0.15) is 64.5 Å². The Labute approximate surface area is 265 Å². The number of carbonyl (C=O) groups is 2. The van der Waals surface area contributed by atoms with Crippen LogP contribution >= 0.6 is 0 Å². The average molecular weight is 612 g/mol. The highest BCUT2D eigenvalue weighted by Crippen LogP contribution is 2.49. The van der Waals surface area contributed by atoms with Gasteiger partial charge in [0.25, 0.3) is 5.56 Å². The largest absolute Gasteiger partial charge is 0.444 e. The average Bonchev–Trinajstić information content (AvgIpc) is 3.51. The van der Waals surface area contributed by atoms with Crippen LogP contribution in [0.4, 0.5) is 9.59 Å². The zero-order valence-corrected chi connectivity index (χ0v) is 26.7. The van der Waals surface area contributed by atoms with Crippen molar-refractivity contribution < 1.29 is 14.3 Å². The first kappa shape index (κ1) is 30.9. The molecule has 0 bridgehead atoms. The third-order valence-electron chi connectivity index (χ3n) is 9.82. The van der Waals surface area contributed by atoms with Gasteiger partial charge in [0.15, 0.2) is 0 Å². The number of nitrogens with zero attached hydrogens (tertiary/aromatic N) is 5. The molecule has 1 saturated carbocycles. The van der Waals surface area contributed by atoms with Gasteiger partial charge >= 0.3 is 12.1 Å². The molecule has 2 saturated heterocycles. The van der Waals surface area contributed by atoms with Gasteiger partial charge in [0.05, 0.1) is 18.1 Å². The smallest absolute Gasteiger partial charge is 0.410 e. The van der Waals surface area contributed by atoms with Gasteiger partial charge in [0, 0.05) is 50.9 Å². The third-order valence-corrected chi connectivity index (χ3v) is 9.82. The van der Waals surface area contributed by atoms with Crippen molar-refractivity contribution in [2.45, 2.75) is 71.1 Å². The molecule has 238 valence electrons. The minimum Gasteiger partial charge on any atom is -0.444 e. The van der Waals surface area contributed by atoms with E-state index in [0.717, 1.165) is 43.2 Å². The van der Waals surface area contributed by atoms with Crippen LogP contribution in [0.3, 0.4) is 0 Å². The first-order valence-electron chi connectivity index (χ1n) is 16.3. The summed E-state index contributed by atoms with van der Waals surface area (Å²) in [5, 5.41) is 0. The highest BCUT2D eigenvalue weighted by molar-refractivity contribution is 5.76. The van der Waals surface area contributed by atoms with E-state index in [1.54, 1.807) is 21.9 Å². The second kappa shape index (κ2) is 12.7. The molecule has 3 amide bonds. The highest BCUT2D eigenvalue weighted by atomic mass is 16.6. The SMILES string of the molecule is CC(C)(C)OC(=O)N1CCN(C(=O)N2CCC(Cn3cnc(-c4ccccc4)cc3=O)C3(CCCC3)C2)[C@H](c2ccccc2)C1. The number of piperazine rings is 1. The van der Waals surface area contributed by atoms with Crippen molar-refractivity contribution in [2.24, 2.45) is 11.3 Å². The zero-order chi connectivity index (χ0) is 31.6. The van der Waals surface area contributed by atoms with E-state index < -0.39 is 5.60 Å². The van der Waals surface area contributed by atoms with Crippen LogP contribution in [-0.4, -0.2) is 74.7 Å². The summed E-state index contributed by atoms with van der Waals surface area (Å²) in [6.45, 7) is 8.82. The maximum atomic E-state index is 14.3. The molecular formula is C36H45N5O4. The Bertz CT molecular complexity index is 1540. The fourth-order valence-corrected chi connectivity index (χ4v) is 7.51. The molecule has 2 aromatic carbocycles. The number of hydrogen-bond acceptors (Lipinski definition) is 5. The van der Waals surface area contributed by atoms with Crippen LogP contribution in [0.15, 0.2) is 77.9 Å². The van der Waals surface area contributed by atoms with Gasteiger partial charge in [0.1, 0.15) is 5.60 Å². The summed E-state index contributed by atoms with van der Waals surface area (Å²) in [5.41, 5.74) is 1.98. The summed E-state index contributed by atoms with van der Waals surface area (Å²) >= 11 is 0. The molecule has 2 aliphatic heterocycles. The van der Waals surface area contributed by atoms with E-state index >= 15 is 0 Å². The van der Waals surface area contributed by atoms with Gasteiger partial charge in [0.2, 0.25) is 0 Å². The Kier molecular flexibility index (Phi) is 8.71. The van der Waals surface area contributed by atoms with Gasteiger partial charge in [-0.1, -0.05) is 73.5 Å². The summed E-state index contributed by atoms with van der Waals surface area (Å²) in [6.07, 6.45) is 6.58. The maximum Gasteiger partial charge on any atom is 0.410 e. The number of piperidine rings is 1. The Morgan fingerprint density at radius 2 is 1.62 bits per heavy atom. The number of benzene rings is 2. The van der Waals surface area contributed by atoms with Crippen molar-refractivity contribution in [1.82, 2.24) is 24.3 Å². The monoisotopic (exact) mass is 611 g/mol. The Balaban J connectivity index is 1.18. The Morgan fingerprint density at radius 3 is 2.29 bits per heavy atom. The van der Waals surface area contributed by atoms with Gasteiger partial charge in [-0.15, -0.1) is 0 Å². The first-order valence-corrected chi connectivity index (χ1v) is 16.3. The van der Waals surface area contributed by atoms with Crippen LogP contribution < -0.4 is 5.56 Å². The number of rotatable bonds is 4. The number of hydrogen-bond donors (Lipinski definition) is 0. The van der Waals surface area contributed by atoms with Crippen LogP contribution in [0, 0.1) is 11.3 Å². The normalized spacial score (nSPS) is 21.6. The van der Waals surface area contributed by atoms with Crippen LogP contribution in [0.2, 0.25) is 0 Å². The summed E-state index contributed by atoms with van der Waals surface area (Å²) in [4.78, 5) is 50.9. The van der Waals surface area contributed by atoms with E-state index in [-0.39, 0.29) is 29.1 Å². The van der Waals surface area contributed by atoms with Gasteiger partial charge in [-0.05, 0) is 56.9 Å². The predicted molar refractivity (Wildman–Crippen MR) is 174 cm³/mol. The summed E-state index contributed by atoms with van der Waals surface area (Å²) in [7, 11) is 0. The lowest BCUT2D eigenvalue weighted by molar-refractivity contribution is -0.00223. The molecule has 1 aromatic heterocycles. The standard InChI is InChI=1S/C36H45N5O4/c1-35(2,3)45-34(44)38-20-21-41(31(24-38)28-14-8-5-9-15-28)33(43)39-19-16-29(36(25-39)17-10-11-18-36)23-40-26-37-30(22-32(40)42)27-12-6-4-7-13-27/h4-9,12-15,22,26,29,31H,10-11,16-21,23-25H2,1-3H3/t29?,31-/m0/s1. The van der Waals surface area contributed by atoms with Crippen molar-refractivity contribution in [3.05, 3.63) is 89.0 Å². The van der Waals surface area contributed by atoms with Gasteiger partial charge in [-0.2, -0.15) is 0 Å². The molecule has 3 aromatic rings. The van der Waals surface area contributed by atoms with Gasteiger partial charge < -0.3 is 19.4 Å². The molecule has 45 heavy (non-hydrogen) atoms. The van der Waals surface area contributed by atoms with E-state index in [1.165, 1.54) is 0 Å². The van der Waals surface area contributed by atoms with Crippen molar-refractivity contribution in [2.75, 3.05) is 32.7 Å². The van der Waals surface area contributed by atoms with Crippen LogP contribution in [-0.2, 0) is 11.3 Å². The molecular weight excluding hydrogens is 566 g/mol. The number of likely N-dealkylation sites (tertiary alicyclic amines) is 1. The Hall–Kier alpha value is -4.14. The zero-order valence-electron chi connectivity index (χ0n) is 26.7. The molecule has 3 fully saturated rings. The molecule has 1 spiro atoms. The second-order valence-corrected chi connectivity index (χ2v) is 13.9. The fourth-order valence-electron chi connectivity index (χ4n) is 7.51. The van der Waals surface area contributed by atoms with Gasteiger partial charge in [-0.25, -0.2) is 14.6 Å². The van der Waals surface area contributed by atoms with E-state index in [0.29, 0.717) is 50.9 Å². The van der Waals surface area contributed by atoms with Gasteiger partial charge in [-0.3, -0.25) is 9.36 Å². The van der Waals surface area contributed by atoms with E-state index in [9.17, 15) is 14.4 Å². The number of ether oxygens (including phenoxy) is 1. The van der Waals surface area contributed by atoms with Crippen molar-refractivity contribution in [1.29, 1.82) is 0 Å². The van der Waals surface area contributed by atoms with E-state index in [1.807, 2.05) is 91.2 Å². The predicted octanol–water partition coefficient (Wildman–Crippen LogP) is 6.21. The lowest BCUT2D eigenvalue weighted by Gasteiger charge is -2.49. The molecule has 2 atom stereocenters. The molecule has 6 rings (SSSR count). The van der Waals surface area contributed by atoms with Crippen LogP contribution in [0.25, 0.3) is 11.3 Å². The molecule has 1 unspecified atom stereocenters. The summed E-state index contributed by atoms with van der Waals surface area (Å²) in [5.74, 6) is 0.292. The molecule has 0 N–H and O–H groups in total. The molecule has 9 heteroatoms. The van der Waals surface area contributed by atoms with Crippen molar-refractivity contribution in [3.8, 4) is 11.3 Å². The highest BCUT2D eigenvalue weighted by Gasteiger charge is 2.48. The third kappa shape index (κ3) is 6.77. The minimum absolute atomic E-state index is 0.0218. The number of urea groups is 1. The Morgan fingerprint density at radius 1 is 0.933 bits per heavy atom. The number of aromatic nitrogens is 2. The molecule has 9 nitrogen and oxygen atoms in total. The van der Waals surface area contributed by atoms with Crippen molar-refractivity contribution in [3.63, 3.8) is 0 Å². The number of carbonyl (C=O) groups excluding carboxylic acids is 2. The lowest BCUT2D eigenvalue weighted by atomic mass is 9.69. The maximum absolute atomic E-state index is 14.3. The molecule has 1 aliphatic carbocycles. The molecule has 3 heterocycles. The topological polar surface area (TPSA) is 88.0 Å². The minimum atomic E-state index is -0.586. The molecule has 3 aliphatic rings. The fraction of sp³-hybridized carbons (Fsp3) is 0.500. The second-order valence-electron chi connectivity index (χ2n) is 13.9. The first-order chi connectivity index (χ1) is 21.6.